The van der Waals surface area contributed by atoms with E-state index in [1.54, 1.807) is 0 Å². The molecule has 2 heterocycles. The highest BCUT2D eigenvalue weighted by atomic mass is 15.2. The van der Waals surface area contributed by atoms with Crippen molar-refractivity contribution in [3.63, 3.8) is 0 Å². The summed E-state index contributed by atoms with van der Waals surface area (Å²) in [6.07, 6.45) is 2.71. The van der Waals surface area contributed by atoms with E-state index < -0.39 is 0 Å². The molecular formula is C16H25N3. The lowest BCUT2D eigenvalue weighted by molar-refractivity contribution is 0.169. The number of hydrogen-bond donors (Lipinski definition) is 1. The maximum absolute atomic E-state index is 3.55. The van der Waals surface area contributed by atoms with Crippen molar-refractivity contribution in [1.29, 1.82) is 0 Å². The first kappa shape index (κ1) is 13.1. The fraction of sp³-hybridized carbons (Fsp3) is 0.625. The molecule has 1 saturated heterocycles. The van der Waals surface area contributed by atoms with E-state index in [1.807, 2.05) is 0 Å². The molecule has 2 aliphatic rings. The molecule has 3 nitrogen and oxygen atoms in total. The Kier molecular flexibility index (Phi) is 3.87. The highest BCUT2D eigenvalue weighted by molar-refractivity contribution is 5.32. The second kappa shape index (κ2) is 5.61. The fourth-order valence-corrected chi connectivity index (χ4v) is 3.54. The van der Waals surface area contributed by atoms with E-state index in [-0.39, 0.29) is 0 Å². The Bertz CT molecular complexity index is 432. The molecule has 0 spiro atoms. The summed E-state index contributed by atoms with van der Waals surface area (Å²) in [4.78, 5) is 5.05. The van der Waals surface area contributed by atoms with Gasteiger partial charge in [-0.05, 0) is 44.6 Å². The summed E-state index contributed by atoms with van der Waals surface area (Å²) in [5, 5.41) is 3.55. The minimum atomic E-state index is 0.527. The van der Waals surface area contributed by atoms with Crippen LogP contribution in [-0.4, -0.2) is 49.6 Å². The minimum absolute atomic E-state index is 0.527. The Morgan fingerprint density at radius 2 is 2.21 bits per heavy atom. The van der Waals surface area contributed by atoms with Gasteiger partial charge >= 0.3 is 0 Å². The molecule has 3 rings (SSSR count). The average molecular weight is 259 g/mol. The lowest BCUT2D eigenvalue weighted by Crippen LogP contribution is -2.43. The van der Waals surface area contributed by atoms with Gasteiger partial charge in [-0.2, -0.15) is 0 Å². The maximum Gasteiger partial charge on any atom is 0.0473 e. The van der Waals surface area contributed by atoms with Gasteiger partial charge in [0.15, 0.2) is 0 Å². The maximum atomic E-state index is 3.55. The molecule has 0 bridgehead atoms. The van der Waals surface area contributed by atoms with Crippen LogP contribution in [0.1, 0.15) is 30.0 Å². The molecule has 19 heavy (non-hydrogen) atoms. The Morgan fingerprint density at radius 3 is 3.00 bits per heavy atom. The molecular weight excluding hydrogens is 234 g/mol. The molecule has 2 aliphatic heterocycles. The number of benzene rings is 1. The van der Waals surface area contributed by atoms with Gasteiger partial charge in [0.2, 0.25) is 0 Å². The predicted octanol–water partition coefficient (Wildman–Crippen LogP) is 1.86. The van der Waals surface area contributed by atoms with Crippen LogP contribution >= 0.6 is 0 Å². The summed E-state index contributed by atoms with van der Waals surface area (Å²) in [5.74, 6) is 0. The smallest absolute Gasteiger partial charge is 0.0473 e. The fourth-order valence-electron chi connectivity index (χ4n) is 3.54. The summed E-state index contributed by atoms with van der Waals surface area (Å²) in [6.45, 7) is 4.53. The summed E-state index contributed by atoms with van der Waals surface area (Å²) in [7, 11) is 4.54. The zero-order chi connectivity index (χ0) is 13.2. The molecule has 3 heteroatoms. The van der Waals surface area contributed by atoms with Crippen molar-refractivity contribution in [3.8, 4) is 0 Å². The van der Waals surface area contributed by atoms with Crippen LogP contribution in [0.5, 0.6) is 0 Å². The third kappa shape index (κ3) is 2.69. The Balaban J connectivity index is 1.72. The van der Waals surface area contributed by atoms with Gasteiger partial charge in [0.05, 0.1) is 0 Å². The van der Waals surface area contributed by atoms with E-state index >= 15 is 0 Å². The van der Waals surface area contributed by atoms with Crippen LogP contribution in [0.3, 0.4) is 0 Å². The SMILES string of the molecule is CN1CCCC1CN(C)C1CNCc2ccccc21. The highest BCUT2D eigenvalue weighted by Gasteiger charge is 2.27. The van der Waals surface area contributed by atoms with Crippen molar-refractivity contribution in [2.45, 2.75) is 31.5 Å². The molecule has 1 N–H and O–H groups in total. The molecule has 104 valence electrons. The highest BCUT2D eigenvalue weighted by Crippen LogP contribution is 2.27. The molecule has 1 fully saturated rings. The number of hydrogen-bond acceptors (Lipinski definition) is 3. The summed E-state index contributed by atoms with van der Waals surface area (Å²) >= 11 is 0. The Labute approximate surface area is 116 Å². The molecule has 0 aromatic heterocycles. The van der Waals surface area contributed by atoms with E-state index in [0.717, 1.165) is 19.1 Å². The number of fused-ring (bicyclic) bond motifs is 1. The van der Waals surface area contributed by atoms with Crippen molar-refractivity contribution in [3.05, 3.63) is 35.4 Å². The van der Waals surface area contributed by atoms with Gasteiger partial charge in [0.25, 0.3) is 0 Å². The molecule has 0 amide bonds. The van der Waals surface area contributed by atoms with Crippen molar-refractivity contribution in [1.82, 2.24) is 15.1 Å². The number of likely N-dealkylation sites (tertiary alicyclic amines) is 1. The van der Waals surface area contributed by atoms with Crippen molar-refractivity contribution in [2.75, 3.05) is 33.7 Å². The normalized spacial score (nSPS) is 27.7. The molecule has 2 atom stereocenters. The van der Waals surface area contributed by atoms with Crippen molar-refractivity contribution in [2.24, 2.45) is 0 Å². The van der Waals surface area contributed by atoms with Crippen LogP contribution in [-0.2, 0) is 6.54 Å². The first-order chi connectivity index (χ1) is 9.25. The second-order valence-electron chi connectivity index (χ2n) is 6.06. The quantitative estimate of drug-likeness (QED) is 0.894. The minimum Gasteiger partial charge on any atom is -0.311 e. The molecule has 1 aromatic carbocycles. The lowest BCUT2D eigenvalue weighted by atomic mass is 9.95. The first-order valence-electron chi connectivity index (χ1n) is 7.44. The zero-order valence-electron chi connectivity index (χ0n) is 12.1. The first-order valence-corrected chi connectivity index (χ1v) is 7.44. The molecule has 0 saturated carbocycles. The van der Waals surface area contributed by atoms with E-state index in [9.17, 15) is 0 Å². The third-order valence-electron chi connectivity index (χ3n) is 4.77. The summed E-state index contributed by atoms with van der Waals surface area (Å²) < 4.78 is 0. The Morgan fingerprint density at radius 1 is 1.37 bits per heavy atom. The molecule has 0 radical (unpaired) electrons. The monoisotopic (exact) mass is 259 g/mol. The number of nitrogens with zero attached hydrogens (tertiary/aromatic N) is 2. The number of nitrogens with one attached hydrogen (secondary N) is 1. The van der Waals surface area contributed by atoms with Crippen molar-refractivity contribution >= 4 is 0 Å². The number of rotatable bonds is 3. The largest absolute Gasteiger partial charge is 0.311 e. The molecule has 1 aromatic rings. The van der Waals surface area contributed by atoms with E-state index in [0.29, 0.717) is 6.04 Å². The van der Waals surface area contributed by atoms with Crippen LogP contribution in [0.15, 0.2) is 24.3 Å². The van der Waals surface area contributed by atoms with E-state index in [1.165, 1.54) is 37.1 Å². The van der Waals surface area contributed by atoms with Gasteiger partial charge in [-0.25, -0.2) is 0 Å². The van der Waals surface area contributed by atoms with Crippen LogP contribution in [0.2, 0.25) is 0 Å². The summed E-state index contributed by atoms with van der Waals surface area (Å²) in [5.41, 5.74) is 2.98. The average Bonchev–Trinajstić information content (AvgIpc) is 2.83. The molecule has 0 aliphatic carbocycles. The van der Waals surface area contributed by atoms with Crippen LogP contribution < -0.4 is 5.32 Å². The second-order valence-corrected chi connectivity index (χ2v) is 6.06. The van der Waals surface area contributed by atoms with Gasteiger partial charge in [0.1, 0.15) is 0 Å². The zero-order valence-corrected chi connectivity index (χ0v) is 12.1. The van der Waals surface area contributed by atoms with Gasteiger partial charge < -0.3 is 10.2 Å². The van der Waals surface area contributed by atoms with E-state index in [2.05, 4.69) is 53.5 Å². The molecule has 2 unspecified atom stereocenters. The predicted molar refractivity (Wildman–Crippen MR) is 79.2 cm³/mol. The Hall–Kier alpha value is -0.900. The van der Waals surface area contributed by atoms with Gasteiger partial charge in [0, 0.05) is 31.7 Å². The standard InChI is InChI=1S/C16H25N3/c1-18-9-5-7-14(18)12-19(2)16-11-17-10-13-6-3-4-8-15(13)16/h3-4,6,8,14,16-17H,5,7,9-12H2,1-2H3. The third-order valence-corrected chi connectivity index (χ3v) is 4.77. The van der Waals surface area contributed by atoms with E-state index in [4.69, 9.17) is 0 Å². The van der Waals surface area contributed by atoms with Crippen LogP contribution in [0, 0.1) is 0 Å². The van der Waals surface area contributed by atoms with Crippen LogP contribution in [0.4, 0.5) is 0 Å². The topological polar surface area (TPSA) is 18.5 Å². The van der Waals surface area contributed by atoms with Gasteiger partial charge in [-0.1, -0.05) is 24.3 Å². The summed E-state index contributed by atoms with van der Waals surface area (Å²) in [6, 6.07) is 10.1. The lowest BCUT2D eigenvalue weighted by Gasteiger charge is -2.36. The van der Waals surface area contributed by atoms with Crippen molar-refractivity contribution < 1.29 is 0 Å². The van der Waals surface area contributed by atoms with Gasteiger partial charge in [-0.15, -0.1) is 0 Å². The van der Waals surface area contributed by atoms with Crippen LogP contribution in [0.25, 0.3) is 0 Å². The van der Waals surface area contributed by atoms with Gasteiger partial charge in [-0.3, -0.25) is 4.90 Å². The number of likely N-dealkylation sites (N-methyl/N-ethyl adjacent to an activating group) is 2.